The minimum atomic E-state index is -0.398. The highest BCUT2D eigenvalue weighted by molar-refractivity contribution is 6.31. The SMILES string of the molecule is Cc1ccc(-n2cc3c(N4CCC[C@@H](C(=O)NCc5ccc(F)cc5Cl)C4)ncnc3n2)cc1. The number of aromatic nitrogens is 4. The van der Waals surface area contributed by atoms with Crippen LogP contribution >= 0.6 is 11.6 Å². The minimum Gasteiger partial charge on any atom is -0.355 e. The Bertz CT molecular complexity index is 1340. The molecule has 5 rings (SSSR count). The van der Waals surface area contributed by atoms with Crippen molar-refractivity contribution in [3.63, 3.8) is 0 Å². The molecular formula is C25H24ClFN6O. The molecule has 1 aliphatic rings. The highest BCUT2D eigenvalue weighted by atomic mass is 35.5. The molecule has 1 saturated heterocycles. The van der Waals surface area contributed by atoms with Gasteiger partial charge in [0, 0.05) is 30.9 Å². The van der Waals surface area contributed by atoms with Gasteiger partial charge in [-0.05, 0) is 49.6 Å². The van der Waals surface area contributed by atoms with Crippen LogP contribution in [0.5, 0.6) is 0 Å². The van der Waals surface area contributed by atoms with Crippen LogP contribution in [0.25, 0.3) is 16.7 Å². The average molecular weight is 479 g/mol. The molecule has 174 valence electrons. The minimum absolute atomic E-state index is 0.0502. The van der Waals surface area contributed by atoms with Gasteiger partial charge in [-0.3, -0.25) is 4.79 Å². The first-order chi connectivity index (χ1) is 16.5. The number of fused-ring (bicyclic) bond motifs is 1. The van der Waals surface area contributed by atoms with E-state index in [-0.39, 0.29) is 18.4 Å². The number of nitrogens with zero attached hydrogens (tertiary/aromatic N) is 5. The number of hydrogen-bond acceptors (Lipinski definition) is 5. The summed E-state index contributed by atoms with van der Waals surface area (Å²) >= 11 is 6.09. The number of rotatable bonds is 5. The number of benzene rings is 2. The summed E-state index contributed by atoms with van der Waals surface area (Å²) in [6, 6.07) is 12.3. The molecule has 0 bridgehead atoms. The number of nitrogens with one attached hydrogen (secondary N) is 1. The van der Waals surface area contributed by atoms with Gasteiger partial charge in [-0.25, -0.2) is 19.0 Å². The van der Waals surface area contributed by atoms with Crippen LogP contribution in [-0.4, -0.2) is 38.7 Å². The van der Waals surface area contributed by atoms with E-state index in [1.165, 1.54) is 24.0 Å². The lowest BCUT2D eigenvalue weighted by atomic mass is 9.97. The van der Waals surface area contributed by atoms with Crippen molar-refractivity contribution in [3.8, 4) is 5.69 Å². The third-order valence-corrected chi connectivity index (χ3v) is 6.51. The van der Waals surface area contributed by atoms with Crippen LogP contribution in [0.1, 0.15) is 24.0 Å². The topological polar surface area (TPSA) is 75.9 Å². The van der Waals surface area contributed by atoms with Crippen molar-refractivity contribution in [2.24, 2.45) is 5.92 Å². The van der Waals surface area contributed by atoms with E-state index in [2.05, 4.69) is 25.3 Å². The lowest BCUT2D eigenvalue weighted by Gasteiger charge is -2.33. The Kier molecular flexibility index (Phi) is 6.15. The summed E-state index contributed by atoms with van der Waals surface area (Å²) in [5.74, 6) is 0.142. The summed E-state index contributed by atoms with van der Waals surface area (Å²) in [6.07, 6.45) is 5.11. The van der Waals surface area contributed by atoms with E-state index in [0.717, 1.165) is 36.3 Å². The highest BCUT2D eigenvalue weighted by Crippen LogP contribution is 2.28. The number of aryl methyl sites for hydroxylation is 1. The van der Waals surface area contributed by atoms with Gasteiger partial charge in [0.1, 0.15) is 18.0 Å². The quantitative estimate of drug-likeness (QED) is 0.458. The molecule has 0 aliphatic carbocycles. The predicted molar refractivity (Wildman–Crippen MR) is 130 cm³/mol. The molecule has 7 nitrogen and oxygen atoms in total. The molecule has 4 aromatic rings. The maximum absolute atomic E-state index is 13.3. The van der Waals surface area contributed by atoms with Crippen LogP contribution < -0.4 is 10.2 Å². The Balaban J connectivity index is 1.32. The smallest absolute Gasteiger partial charge is 0.225 e. The molecule has 1 atom stereocenters. The number of carbonyl (C=O) groups is 1. The van der Waals surface area contributed by atoms with E-state index in [1.54, 1.807) is 6.07 Å². The van der Waals surface area contributed by atoms with E-state index >= 15 is 0 Å². The third kappa shape index (κ3) is 4.59. The van der Waals surface area contributed by atoms with E-state index in [4.69, 9.17) is 11.6 Å². The molecule has 0 radical (unpaired) electrons. The number of anilines is 1. The predicted octanol–water partition coefficient (Wildman–Crippen LogP) is 4.45. The Labute approximate surface area is 201 Å². The second-order valence-corrected chi connectivity index (χ2v) is 8.99. The largest absolute Gasteiger partial charge is 0.355 e. The van der Waals surface area contributed by atoms with Crippen molar-refractivity contribution in [3.05, 3.63) is 77.0 Å². The first kappa shape index (κ1) is 22.3. The fraction of sp³-hybridized carbons (Fsp3) is 0.280. The summed E-state index contributed by atoms with van der Waals surface area (Å²) in [5, 5.41) is 8.72. The monoisotopic (exact) mass is 478 g/mol. The van der Waals surface area contributed by atoms with E-state index in [9.17, 15) is 9.18 Å². The van der Waals surface area contributed by atoms with Crippen LogP contribution in [-0.2, 0) is 11.3 Å². The molecule has 1 amide bonds. The molecule has 2 aromatic heterocycles. The van der Waals surface area contributed by atoms with Gasteiger partial charge in [0.2, 0.25) is 5.91 Å². The molecule has 1 fully saturated rings. The Morgan fingerprint density at radius 2 is 2.03 bits per heavy atom. The number of hydrogen-bond donors (Lipinski definition) is 1. The highest BCUT2D eigenvalue weighted by Gasteiger charge is 2.28. The normalized spacial score (nSPS) is 16.1. The average Bonchev–Trinajstić information content (AvgIpc) is 3.28. The first-order valence-corrected chi connectivity index (χ1v) is 11.6. The van der Waals surface area contributed by atoms with Crippen LogP contribution in [0.2, 0.25) is 5.02 Å². The Morgan fingerprint density at radius 1 is 1.21 bits per heavy atom. The summed E-state index contributed by atoms with van der Waals surface area (Å²) in [5.41, 5.74) is 3.43. The standard InChI is InChI=1S/C25H24ClFN6O/c1-16-4-8-20(9-5-16)33-14-21-23(31-33)29-15-30-24(21)32-10-2-3-18(13-32)25(34)28-12-17-6-7-19(27)11-22(17)26/h4-9,11,14-15,18H,2-3,10,12-13H2,1H3,(H,28,34)/t18-/m1/s1. The maximum Gasteiger partial charge on any atom is 0.225 e. The number of halogens is 2. The van der Waals surface area contributed by atoms with Crippen molar-refractivity contribution in [1.82, 2.24) is 25.1 Å². The van der Waals surface area contributed by atoms with Crippen molar-refractivity contribution in [2.45, 2.75) is 26.3 Å². The molecule has 3 heterocycles. The fourth-order valence-corrected chi connectivity index (χ4v) is 4.52. The molecule has 1 aliphatic heterocycles. The van der Waals surface area contributed by atoms with Gasteiger partial charge in [-0.2, -0.15) is 0 Å². The number of amides is 1. The molecule has 0 saturated carbocycles. The summed E-state index contributed by atoms with van der Waals surface area (Å²) in [7, 11) is 0. The lowest BCUT2D eigenvalue weighted by Crippen LogP contribution is -2.43. The zero-order valence-electron chi connectivity index (χ0n) is 18.7. The Morgan fingerprint density at radius 3 is 2.82 bits per heavy atom. The lowest BCUT2D eigenvalue weighted by molar-refractivity contribution is -0.125. The van der Waals surface area contributed by atoms with Crippen LogP contribution in [0.15, 0.2) is 55.0 Å². The first-order valence-electron chi connectivity index (χ1n) is 11.2. The molecule has 0 spiro atoms. The van der Waals surface area contributed by atoms with Gasteiger partial charge >= 0.3 is 0 Å². The molecular weight excluding hydrogens is 455 g/mol. The molecule has 9 heteroatoms. The molecule has 1 N–H and O–H groups in total. The Hall–Kier alpha value is -3.52. The molecule has 34 heavy (non-hydrogen) atoms. The zero-order chi connectivity index (χ0) is 23.7. The number of carbonyl (C=O) groups excluding carboxylic acids is 1. The van der Waals surface area contributed by atoms with Gasteiger partial charge in [0.25, 0.3) is 0 Å². The van der Waals surface area contributed by atoms with Crippen LogP contribution in [0, 0.1) is 18.7 Å². The van der Waals surface area contributed by atoms with E-state index in [1.807, 2.05) is 42.1 Å². The van der Waals surface area contributed by atoms with Crippen LogP contribution in [0.4, 0.5) is 10.2 Å². The van der Waals surface area contributed by atoms with Crippen molar-refractivity contribution < 1.29 is 9.18 Å². The zero-order valence-corrected chi connectivity index (χ0v) is 19.5. The second-order valence-electron chi connectivity index (χ2n) is 8.58. The van der Waals surface area contributed by atoms with E-state index in [0.29, 0.717) is 22.8 Å². The summed E-state index contributed by atoms with van der Waals surface area (Å²) < 4.78 is 15.1. The van der Waals surface area contributed by atoms with E-state index < -0.39 is 5.82 Å². The van der Waals surface area contributed by atoms with Crippen molar-refractivity contribution in [2.75, 3.05) is 18.0 Å². The van der Waals surface area contributed by atoms with Gasteiger partial charge in [0.05, 0.1) is 17.0 Å². The summed E-state index contributed by atoms with van der Waals surface area (Å²) in [6.45, 7) is 3.65. The fourth-order valence-electron chi connectivity index (χ4n) is 4.28. The third-order valence-electron chi connectivity index (χ3n) is 6.15. The second kappa shape index (κ2) is 9.38. The number of piperidine rings is 1. The van der Waals surface area contributed by atoms with Gasteiger partial charge < -0.3 is 10.2 Å². The van der Waals surface area contributed by atoms with Gasteiger partial charge in [0.15, 0.2) is 5.65 Å². The molecule has 0 unspecified atom stereocenters. The maximum atomic E-state index is 13.3. The van der Waals surface area contributed by atoms with Crippen molar-refractivity contribution in [1.29, 1.82) is 0 Å². The molecule has 2 aromatic carbocycles. The van der Waals surface area contributed by atoms with Gasteiger partial charge in [-0.15, -0.1) is 5.10 Å². The summed E-state index contributed by atoms with van der Waals surface area (Å²) in [4.78, 5) is 23.9. The van der Waals surface area contributed by atoms with Crippen LogP contribution in [0.3, 0.4) is 0 Å². The van der Waals surface area contributed by atoms with Crippen molar-refractivity contribution >= 4 is 34.4 Å². The van der Waals surface area contributed by atoms with Gasteiger partial charge in [-0.1, -0.05) is 35.4 Å².